The van der Waals surface area contributed by atoms with Gasteiger partial charge >= 0.3 is 0 Å². The molecule has 2 nitrogen and oxygen atoms in total. The van der Waals surface area contributed by atoms with Crippen molar-refractivity contribution >= 4 is 0 Å². The van der Waals surface area contributed by atoms with E-state index in [1.165, 1.54) is 38.5 Å². The molecule has 0 aromatic rings. The highest BCUT2D eigenvalue weighted by Gasteiger charge is 2.15. The molecule has 0 amide bonds. The second-order valence-electron chi connectivity index (χ2n) is 4.87. The smallest absolute Gasteiger partial charge is 0.154 e. The standard InChI is InChI=1S/C14H30O2/c1-3-5-7-8-10-12-13(14(15)16)11-9-6-4-2/h13-16H,3-12H2,1-2H3. The first-order valence-electron chi connectivity index (χ1n) is 7.08. The summed E-state index contributed by atoms with van der Waals surface area (Å²) in [4.78, 5) is 0. The first-order chi connectivity index (χ1) is 7.72. The number of unbranched alkanes of at least 4 members (excludes halogenated alkanes) is 6. The molecule has 0 radical (unpaired) electrons. The Morgan fingerprint density at radius 1 is 0.688 bits per heavy atom. The molecule has 0 rings (SSSR count). The molecule has 0 saturated heterocycles. The lowest BCUT2D eigenvalue weighted by Crippen LogP contribution is -2.19. The van der Waals surface area contributed by atoms with Gasteiger partial charge < -0.3 is 10.2 Å². The molecule has 0 aromatic heterocycles. The highest BCUT2D eigenvalue weighted by atomic mass is 16.5. The van der Waals surface area contributed by atoms with Crippen LogP contribution >= 0.6 is 0 Å². The van der Waals surface area contributed by atoms with E-state index in [2.05, 4.69) is 13.8 Å². The van der Waals surface area contributed by atoms with Crippen LogP contribution in [0.4, 0.5) is 0 Å². The van der Waals surface area contributed by atoms with Gasteiger partial charge in [-0.25, -0.2) is 0 Å². The monoisotopic (exact) mass is 230 g/mol. The Morgan fingerprint density at radius 3 is 1.62 bits per heavy atom. The third-order valence-electron chi connectivity index (χ3n) is 3.28. The van der Waals surface area contributed by atoms with Crippen molar-refractivity contribution in [2.45, 2.75) is 84.3 Å². The molecule has 0 heterocycles. The summed E-state index contributed by atoms with van der Waals surface area (Å²) in [6.45, 7) is 4.39. The molecule has 0 spiro atoms. The molecular weight excluding hydrogens is 200 g/mol. The lowest BCUT2D eigenvalue weighted by Gasteiger charge is -2.18. The first kappa shape index (κ1) is 15.9. The van der Waals surface area contributed by atoms with Gasteiger partial charge in [0.25, 0.3) is 0 Å². The van der Waals surface area contributed by atoms with Crippen LogP contribution in [0.2, 0.25) is 0 Å². The zero-order chi connectivity index (χ0) is 12.2. The summed E-state index contributed by atoms with van der Waals surface area (Å²) in [6.07, 6.45) is 10.6. The Bertz CT molecular complexity index is 135. The van der Waals surface area contributed by atoms with Crippen LogP contribution < -0.4 is 0 Å². The van der Waals surface area contributed by atoms with Gasteiger partial charge in [-0.3, -0.25) is 0 Å². The first-order valence-corrected chi connectivity index (χ1v) is 7.08. The fourth-order valence-corrected chi connectivity index (χ4v) is 2.11. The molecule has 0 aliphatic carbocycles. The second kappa shape index (κ2) is 11.4. The van der Waals surface area contributed by atoms with Crippen molar-refractivity contribution in [2.75, 3.05) is 0 Å². The van der Waals surface area contributed by atoms with Crippen LogP contribution in [-0.2, 0) is 0 Å². The third kappa shape index (κ3) is 9.17. The minimum atomic E-state index is -1.11. The topological polar surface area (TPSA) is 40.5 Å². The van der Waals surface area contributed by atoms with Gasteiger partial charge in [-0.05, 0) is 12.8 Å². The van der Waals surface area contributed by atoms with Crippen LogP contribution in [0.15, 0.2) is 0 Å². The average molecular weight is 230 g/mol. The zero-order valence-electron chi connectivity index (χ0n) is 11.1. The summed E-state index contributed by atoms with van der Waals surface area (Å²) in [5.74, 6) is 0.105. The number of aliphatic hydroxyl groups excluding tert-OH is 1. The quantitative estimate of drug-likeness (QED) is 0.418. The summed E-state index contributed by atoms with van der Waals surface area (Å²) in [5, 5.41) is 18.5. The minimum Gasteiger partial charge on any atom is -0.368 e. The molecule has 98 valence electrons. The van der Waals surface area contributed by atoms with Crippen LogP contribution in [-0.4, -0.2) is 16.5 Å². The Kier molecular flexibility index (Phi) is 11.3. The Labute approximate surface area is 101 Å². The van der Waals surface area contributed by atoms with Crippen molar-refractivity contribution in [3.63, 3.8) is 0 Å². The van der Waals surface area contributed by atoms with Crippen LogP contribution in [0.25, 0.3) is 0 Å². The van der Waals surface area contributed by atoms with Gasteiger partial charge in [-0.1, -0.05) is 65.2 Å². The molecule has 1 atom stereocenters. The van der Waals surface area contributed by atoms with E-state index in [1.807, 2.05) is 0 Å². The second-order valence-corrected chi connectivity index (χ2v) is 4.87. The highest BCUT2D eigenvalue weighted by molar-refractivity contribution is 4.61. The van der Waals surface area contributed by atoms with Crippen molar-refractivity contribution < 1.29 is 10.2 Å². The summed E-state index contributed by atoms with van der Waals surface area (Å²) < 4.78 is 0. The molecule has 16 heavy (non-hydrogen) atoms. The molecule has 2 heteroatoms. The number of hydrogen-bond acceptors (Lipinski definition) is 2. The van der Waals surface area contributed by atoms with E-state index in [-0.39, 0.29) is 5.92 Å². The largest absolute Gasteiger partial charge is 0.368 e. The van der Waals surface area contributed by atoms with Gasteiger partial charge in [-0.15, -0.1) is 0 Å². The summed E-state index contributed by atoms with van der Waals surface area (Å²) in [7, 11) is 0. The summed E-state index contributed by atoms with van der Waals surface area (Å²) in [6, 6.07) is 0. The van der Waals surface area contributed by atoms with Gasteiger partial charge in [0.05, 0.1) is 0 Å². The van der Waals surface area contributed by atoms with Crippen LogP contribution in [0.3, 0.4) is 0 Å². The lowest BCUT2D eigenvalue weighted by molar-refractivity contribution is -0.0889. The maximum absolute atomic E-state index is 9.27. The van der Waals surface area contributed by atoms with E-state index in [1.54, 1.807) is 0 Å². The lowest BCUT2D eigenvalue weighted by atomic mass is 9.94. The molecule has 0 fully saturated rings. The van der Waals surface area contributed by atoms with Gasteiger partial charge in [0.1, 0.15) is 0 Å². The van der Waals surface area contributed by atoms with Gasteiger partial charge in [-0.2, -0.15) is 0 Å². The summed E-state index contributed by atoms with van der Waals surface area (Å²) in [5.41, 5.74) is 0. The number of rotatable bonds is 11. The number of aliphatic hydroxyl groups is 2. The molecule has 0 saturated carbocycles. The van der Waals surface area contributed by atoms with Crippen LogP contribution in [0.5, 0.6) is 0 Å². The van der Waals surface area contributed by atoms with Gasteiger partial charge in [0.2, 0.25) is 0 Å². The average Bonchev–Trinajstić information content (AvgIpc) is 2.26. The van der Waals surface area contributed by atoms with Crippen LogP contribution in [0, 0.1) is 5.92 Å². The third-order valence-corrected chi connectivity index (χ3v) is 3.28. The normalized spacial score (nSPS) is 13.3. The summed E-state index contributed by atoms with van der Waals surface area (Å²) >= 11 is 0. The van der Waals surface area contributed by atoms with Crippen LogP contribution in [0.1, 0.15) is 78.1 Å². The van der Waals surface area contributed by atoms with Gasteiger partial charge in [0.15, 0.2) is 6.29 Å². The van der Waals surface area contributed by atoms with E-state index in [9.17, 15) is 10.2 Å². The Balaban J connectivity index is 3.52. The van der Waals surface area contributed by atoms with E-state index < -0.39 is 6.29 Å². The molecule has 0 bridgehead atoms. The van der Waals surface area contributed by atoms with E-state index in [0.717, 1.165) is 25.7 Å². The fourth-order valence-electron chi connectivity index (χ4n) is 2.11. The van der Waals surface area contributed by atoms with Crippen molar-refractivity contribution in [1.29, 1.82) is 0 Å². The Hall–Kier alpha value is -0.0800. The predicted octanol–water partition coefficient (Wildman–Crippen LogP) is 3.85. The molecule has 2 N–H and O–H groups in total. The maximum atomic E-state index is 9.27. The molecule has 0 aromatic carbocycles. The van der Waals surface area contributed by atoms with E-state index in [4.69, 9.17) is 0 Å². The Morgan fingerprint density at radius 2 is 1.12 bits per heavy atom. The molecule has 1 unspecified atom stereocenters. The van der Waals surface area contributed by atoms with Gasteiger partial charge in [0, 0.05) is 5.92 Å². The predicted molar refractivity (Wildman–Crippen MR) is 69.2 cm³/mol. The molecular formula is C14H30O2. The number of hydrogen-bond donors (Lipinski definition) is 2. The maximum Gasteiger partial charge on any atom is 0.154 e. The van der Waals surface area contributed by atoms with E-state index >= 15 is 0 Å². The van der Waals surface area contributed by atoms with E-state index in [0.29, 0.717) is 0 Å². The fraction of sp³-hybridized carbons (Fsp3) is 1.00. The molecule has 0 aliphatic rings. The SMILES string of the molecule is CCCCCCCC(CCCCC)C(O)O. The van der Waals surface area contributed by atoms with Crippen molar-refractivity contribution in [3.8, 4) is 0 Å². The minimum absolute atomic E-state index is 0.105. The van der Waals surface area contributed by atoms with Crippen molar-refractivity contribution in [3.05, 3.63) is 0 Å². The van der Waals surface area contributed by atoms with Crippen molar-refractivity contribution in [2.24, 2.45) is 5.92 Å². The highest BCUT2D eigenvalue weighted by Crippen LogP contribution is 2.20. The molecule has 0 aliphatic heterocycles. The van der Waals surface area contributed by atoms with Crippen molar-refractivity contribution in [1.82, 2.24) is 0 Å². The zero-order valence-corrected chi connectivity index (χ0v) is 11.1.